The molecular formula is C10H13N5. The Bertz CT molecular complexity index is 409. The molecule has 2 N–H and O–H groups in total. The number of nitrogens with two attached hydrogens (primary N) is 1. The van der Waals surface area contributed by atoms with Crippen molar-refractivity contribution in [2.24, 2.45) is 5.73 Å². The van der Waals surface area contributed by atoms with E-state index in [0.717, 1.165) is 13.0 Å². The van der Waals surface area contributed by atoms with Crippen LogP contribution in [0.25, 0.3) is 0 Å². The zero-order chi connectivity index (χ0) is 10.5. The first kappa shape index (κ1) is 9.79. The summed E-state index contributed by atoms with van der Waals surface area (Å²) >= 11 is 0. The summed E-state index contributed by atoms with van der Waals surface area (Å²) in [6, 6.07) is 4.00. The Morgan fingerprint density at radius 2 is 2.07 bits per heavy atom. The van der Waals surface area contributed by atoms with Gasteiger partial charge in [0.15, 0.2) is 5.82 Å². The summed E-state index contributed by atoms with van der Waals surface area (Å²) in [5.41, 5.74) is 6.67. The van der Waals surface area contributed by atoms with Gasteiger partial charge >= 0.3 is 0 Å². The highest BCUT2D eigenvalue weighted by molar-refractivity contribution is 5.09. The van der Waals surface area contributed by atoms with E-state index in [0.29, 0.717) is 12.4 Å². The lowest BCUT2D eigenvalue weighted by atomic mass is 10.2. The molecule has 0 saturated carbocycles. The van der Waals surface area contributed by atoms with Gasteiger partial charge in [-0.3, -0.25) is 9.67 Å². The quantitative estimate of drug-likeness (QED) is 0.779. The minimum atomic E-state index is 0.391. The van der Waals surface area contributed by atoms with Crippen LogP contribution >= 0.6 is 0 Å². The van der Waals surface area contributed by atoms with E-state index in [1.54, 1.807) is 18.7 Å². The Morgan fingerprint density at radius 1 is 1.27 bits per heavy atom. The van der Waals surface area contributed by atoms with Crippen molar-refractivity contribution in [3.05, 3.63) is 42.2 Å². The molecule has 0 amide bonds. The summed E-state index contributed by atoms with van der Waals surface area (Å²) in [5, 5.41) is 4.21. The number of aromatic nitrogens is 4. The van der Waals surface area contributed by atoms with Gasteiger partial charge in [0.2, 0.25) is 0 Å². The van der Waals surface area contributed by atoms with Gasteiger partial charge in [-0.1, -0.05) is 0 Å². The molecule has 0 radical (unpaired) electrons. The van der Waals surface area contributed by atoms with Gasteiger partial charge in [0.05, 0.1) is 6.54 Å². The molecule has 0 unspecified atom stereocenters. The topological polar surface area (TPSA) is 69.6 Å². The average molecular weight is 203 g/mol. The van der Waals surface area contributed by atoms with Crippen LogP contribution in [0.15, 0.2) is 30.9 Å². The highest BCUT2D eigenvalue weighted by Gasteiger charge is 1.98. The Morgan fingerprint density at radius 3 is 2.73 bits per heavy atom. The van der Waals surface area contributed by atoms with E-state index in [4.69, 9.17) is 5.73 Å². The third-order valence-corrected chi connectivity index (χ3v) is 2.15. The molecule has 0 bridgehead atoms. The minimum absolute atomic E-state index is 0.391. The van der Waals surface area contributed by atoms with E-state index in [9.17, 15) is 0 Å². The minimum Gasteiger partial charge on any atom is -0.324 e. The van der Waals surface area contributed by atoms with E-state index in [2.05, 4.69) is 15.1 Å². The lowest BCUT2D eigenvalue weighted by Crippen LogP contribution is -2.04. The molecule has 5 heteroatoms. The van der Waals surface area contributed by atoms with E-state index in [1.807, 2.05) is 16.8 Å². The van der Waals surface area contributed by atoms with Crippen LogP contribution < -0.4 is 5.73 Å². The summed E-state index contributed by atoms with van der Waals surface area (Å²) < 4.78 is 1.81. The van der Waals surface area contributed by atoms with E-state index >= 15 is 0 Å². The molecule has 0 aliphatic rings. The van der Waals surface area contributed by atoms with Crippen molar-refractivity contribution in [1.29, 1.82) is 0 Å². The first-order valence-corrected chi connectivity index (χ1v) is 4.86. The number of nitrogens with zero attached hydrogens (tertiary/aromatic N) is 4. The summed E-state index contributed by atoms with van der Waals surface area (Å²) in [5.74, 6) is 0.685. The molecule has 0 spiro atoms. The van der Waals surface area contributed by atoms with E-state index < -0.39 is 0 Å². The predicted octanol–water partition coefficient (Wildman–Crippen LogP) is 0.374. The smallest absolute Gasteiger partial charge is 0.164 e. The van der Waals surface area contributed by atoms with Gasteiger partial charge in [-0.2, -0.15) is 5.10 Å². The fourth-order valence-corrected chi connectivity index (χ4v) is 1.33. The molecule has 0 saturated heterocycles. The van der Waals surface area contributed by atoms with E-state index in [-0.39, 0.29) is 0 Å². The molecule has 0 aliphatic heterocycles. The fourth-order valence-electron chi connectivity index (χ4n) is 1.33. The summed E-state index contributed by atoms with van der Waals surface area (Å²) in [6.07, 6.45) is 6.23. The van der Waals surface area contributed by atoms with Crippen molar-refractivity contribution in [2.75, 3.05) is 0 Å². The van der Waals surface area contributed by atoms with Gasteiger partial charge in [0, 0.05) is 18.9 Å². The molecule has 0 fully saturated rings. The maximum Gasteiger partial charge on any atom is 0.164 e. The SMILES string of the molecule is NCc1ncn(CCc2ccncc2)n1. The van der Waals surface area contributed by atoms with Crippen molar-refractivity contribution in [1.82, 2.24) is 19.7 Å². The largest absolute Gasteiger partial charge is 0.324 e. The van der Waals surface area contributed by atoms with Gasteiger partial charge in [0.1, 0.15) is 6.33 Å². The molecule has 0 aliphatic carbocycles. The maximum atomic E-state index is 5.42. The van der Waals surface area contributed by atoms with Crippen LogP contribution in [0.2, 0.25) is 0 Å². The molecule has 0 aromatic carbocycles. The van der Waals surface area contributed by atoms with Crippen LogP contribution in [0.4, 0.5) is 0 Å². The van der Waals surface area contributed by atoms with Crippen molar-refractivity contribution >= 4 is 0 Å². The molecule has 78 valence electrons. The maximum absolute atomic E-state index is 5.42. The molecular weight excluding hydrogens is 190 g/mol. The number of hydrogen-bond acceptors (Lipinski definition) is 4. The summed E-state index contributed by atoms with van der Waals surface area (Å²) in [7, 11) is 0. The number of pyridine rings is 1. The fraction of sp³-hybridized carbons (Fsp3) is 0.300. The summed E-state index contributed by atoms with van der Waals surface area (Å²) in [4.78, 5) is 8.03. The van der Waals surface area contributed by atoms with E-state index in [1.165, 1.54) is 5.56 Å². The Balaban J connectivity index is 1.93. The lowest BCUT2D eigenvalue weighted by Gasteiger charge is -2.00. The third-order valence-electron chi connectivity index (χ3n) is 2.15. The third kappa shape index (κ3) is 2.60. The number of hydrogen-bond donors (Lipinski definition) is 1. The normalized spacial score (nSPS) is 10.5. The highest BCUT2D eigenvalue weighted by atomic mass is 15.3. The van der Waals surface area contributed by atoms with Crippen LogP contribution in [0.3, 0.4) is 0 Å². The van der Waals surface area contributed by atoms with Crippen LogP contribution in [0.1, 0.15) is 11.4 Å². The first-order chi connectivity index (χ1) is 7.38. The summed E-state index contributed by atoms with van der Waals surface area (Å²) in [6.45, 7) is 1.21. The van der Waals surface area contributed by atoms with Crippen LogP contribution in [-0.2, 0) is 19.5 Å². The van der Waals surface area contributed by atoms with Crippen molar-refractivity contribution < 1.29 is 0 Å². The highest BCUT2D eigenvalue weighted by Crippen LogP contribution is 1.99. The van der Waals surface area contributed by atoms with Crippen molar-refractivity contribution in [2.45, 2.75) is 19.5 Å². The van der Waals surface area contributed by atoms with Gasteiger partial charge in [-0.05, 0) is 24.1 Å². The van der Waals surface area contributed by atoms with Gasteiger partial charge in [-0.25, -0.2) is 4.98 Å². The predicted molar refractivity (Wildman–Crippen MR) is 55.9 cm³/mol. The molecule has 2 aromatic rings. The lowest BCUT2D eigenvalue weighted by molar-refractivity contribution is 0.605. The van der Waals surface area contributed by atoms with Crippen LogP contribution in [0.5, 0.6) is 0 Å². The number of rotatable bonds is 4. The molecule has 2 aromatic heterocycles. The Hall–Kier alpha value is -1.75. The van der Waals surface area contributed by atoms with Gasteiger partial charge in [-0.15, -0.1) is 0 Å². The molecule has 2 heterocycles. The molecule has 0 atom stereocenters. The molecule has 15 heavy (non-hydrogen) atoms. The average Bonchev–Trinajstić information content (AvgIpc) is 2.76. The molecule has 5 nitrogen and oxygen atoms in total. The van der Waals surface area contributed by atoms with Crippen LogP contribution in [0, 0.1) is 0 Å². The molecule has 2 rings (SSSR count). The zero-order valence-corrected chi connectivity index (χ0v) is 8.37. The second-order valence-electron chi connectivity index (χ2n) is 3.23. The van der Waals surface area contributed by atoms with Gasteiger partial charge < -0.3 is 5.73 Å². The van der Waals surface area contributed by atoms with Crippen molar-refractivity contribution in [3.63, 3.8) is 0 Å². The zero-order valence-electron chi connectivity index (χ0n) is 8.37. The second kappa shape index (κ2) is 4.65. The standard InChI is InChI=1S/C10H13N5/c11-7-10-13-8-15(14-10)6-3-9-1-4-12-5-2-9/h1-2,4-5,8H,3,6-7,11H2. The number of aryl methyl sites for hydroxylation is 2. The second-order valence-corrected chi connectivity index (χ2v) is 3.23. The first-order valence-electron chi connectivity index (χ1n) is 4.86. The Labute approximate surface area is 88.0 Å². The van der Waals surface area contributed by atoms with Crippen molar-refractivity contribution in [3.8, 4) is 0 Å². The van der Waals surface area contributed by atoms with Gasteiger partial charge in [0.25, 0.3) is 0 Å². The van der Waals surface area contributed by atoms with Crippen LogP contribution in [-0.4, -0.2) is 19.7 Å². The monoisotopic (exact) mass is 203 g/mol. The Kier molecular flexibility index (Phi) is 3.04.